The number of hydrogen-bond donors (Lipinski definition) is 0. The van der Waals surface area contributed by atoms with Crippen LogP contribution in [0, 0.1) is 11.5 Å². The maximum absolute atomic E-state index is 3.70. The monoisotopic (exact) mass is 227 g/mol. The molecular weight excluding hydrogens is 204 g/mol. The summed E-state index contributed by atoms with van der Waals surface area (Å²) in [6.07, 6.45) is 4.83. The van der Waals surface area contributed by atoms with Crippen molar-refractivity contribution in [1.82, 2.24) is 0 Å². The van der Waals surface area contributed by atoms with Gasteiger partial charge >= 0.3 is 0 Å². The van der Waals surface area contributed by atoms with E-state index in [1.807, 2.05) is 0 Å². The molecule has 2 aliphatic carbocycles. The van der Waals surface area contributed by atoms with E-state index in [9.17, 15) is 0 Å². The lowest BCUT2D eigenvalue weighted by atomic mass is 9.75. The van der Waals surface area contributed by atoms with Crippen molar-refractivity contribution in [2.45, 2.75) is 54.9 Å². The minimum Gasteiger partial charge on any atom is -0.0660 e. The first kappa shape index (κ1) is 12.4. The summed E-state index contributed by atoms with van der Waals surface area (Å²) in [4.78, 5) is 0. The fourth-order valence-electron chi connectivity index (χ4n) is 3.15. The fourth-order valence-corrected chi connectivity index (χ4v) is 3.15. The summed E-state index contributed by atoms with van der Waals surface area (Å²) < 4.78 is 0. The molecule has 0 heteroatoms. The predicted octanol–water partition coefficient (Wildman–Crippen LogP) is 5.15. The fraction of sp³-hybridized carbons (Fsp3) is 0.529. The van der Waals surface area contributed by atoms with Gasteiger partial charge in [-0.3, -0.25) is 0 Å². The number of rotatable bonds is 1. The normalized spacial score (nSPS) is 29.7. The Bertz CT molecular complexity index is 506. The minimum atomic E-state index is 0.0390. The van der Waals surface area contributed by atoms with Crippen LogP contribution in [-0.4, -0.2) is 0 Å². The second kappa shape index (κ2) is 3.73. The summed E-state index contributed by atoms with van der Waals surface area (Å²) in [7, 11) is 0. The van der Waals surface area contributed by atoms with Crippen LogP contribution in [0.3, 0.4) is 0 Å². The molecule has 0 aromatic rings. The van der Waals surface area contributed by atoms with Gasteiger partial charge in [-0.1, -0.05) is 11.1 Å². The van der Waals surface area contributed by atoms with Gasteiger partial charge in [-0.2, -0.15) is 0 Å². The molecule has 2 rings (SSSR count). The van der Waals surface area contributed by atoms with Crippen molar-refractivity contribution >= 4 is 0 Å². The predicted molar refractivity (Wildman–Crippen MR) is 74.6 cm³/mol. The second-order valence-corrected chi connectivity index (χ2v) is 5.81. The molecule has 1 atom stereocenters. The van der Waals surface area contributed by atoms with Gasteiger partial charge in [0.15, 0.2) is 0 Å². The van der Waals surface area contributed by atoms with Crippen molar-refractivity contribution < 1.29 is 0 Å². The van der Waals surface area contributed by atoms with Crippen LogP contribution in [0.2, 0.25) is 0 Å². The Kier molecular flexibility index (Phi) is 2.72. The average Bonchev–Trinajstić information content (AvgIpc) is 2.64. The highest BCUT2D eigenvalue weighted by Crippen LogP contribution is 2.51. The van der Waals surface area contributed by atoms with E-state index in [-0.39, 0.29) is 5.41 Å². The molecule has 0 aromatic heterocycles. The molecule has 0 nitrogen and oxygen atoms in total. The van der Waals surface area contributed by atoms with Gasteiger partial charge in [-0.25, -0.2) is 0 Å². The zero-order valence-electron chi connectivity index (χ0n) is 12.2. The molecular formula is C17H23. The molecule has 0 fully saturated rings. The Morgan fingerprint density at radius 1 is 0.882 bits per heavy atom. The molecule has 1 unspecified atom stereocenters. The third kappa shape index (κ3) is 1.57. The molecule has 0 N–H and O–H groups in total. The zero-order chi connectivity index (χ0) is 13.0. The first-order valence-electron chi connectivity index (χ1n) is 6.46. The highest BCUT2D eigenvalue weighted by Gasteiger charge is 2.37. The van der Waals surface area contributed by atoms with Crippen molar-refractivity contribution in [3.05, 3.63) is 45.1 Å². The van der Waals surface area contributed by atoms with E-state index in [0.29, 0.717) is 0 Å². The standard InChI is InChI=1S/C17H23/c1-10-8-16(14(5)12(10)3)17(7)9-11(2)13(4)15(17)6/h8H2,1-7H3. The van der Waals surface area contributed by atoms with E-state index >= 15 is 0 Å². The Labute approximate surface area is 106 Å². The molecule has 0 bridgehead atoms. The van der Waals surface area contributed by atoms with E-state index in [1.54, 1.807) is 5.57 Å². The minimum absolute atomic E-state index is 0.0390. The Hall–Kier alpha value is -1.04. The summed E-state index contributed by atoms with van der Waals surface area (Å²) in [6.45, 7) is 15.8. The van der Waals surface area contributed by atoms with Crippen LogP contribution in [0.15, 0.2) is 39.0 Å². The first-order valence-corrected chi connectivity index (χ1v) is 6.46. The Morgan fingerprint density at radius 2 is 1.47 bits per heavy atom. The SMILES string of the molecule is CC1=[C]C(C)(C2=C(C)C(C)=C(C)C2)C(C)=C1C. The van der Waals surface area contributed by atoms with E-state index in [2.05, 4.69) is 54.5 Å². The number of hydrogen-bond acceptors (Lipinski definition) is 0. The first-order chi connectivity index (χ1) is 7.79. The van der Waals surface area contributed by atoms with E-state index in [0.717, 1.165) is 6.42 Å². The van der Waals surface area contributed by atoms with Crippen molar-refractivity contribution in [2.75, 3.05) is 0 Å². The van der Waals surface area contributed by atoms with Crippen LogP contribution >= 0.6 is 0 Å². The van der Waals surface area contributed by atoms with Gasteiger partial charge in [0, 0.05) is 5.41 Å². The van der Waals surface area contributed by atoms with Crippen molar-refractivity contribution in [3.63, 3.8) is 0 Å². The van der Waals surface area contributed by atoms with Crippen LogP contribution in [0.4, 0.5) is 0 Å². The third-order valence-corrected chi connectivity index (χ3v) is 5.01. The van der Waals surface area contributed by atoms with Gasteiger partial charge in [0.1, 0.15) is 0 Å². The van der Waals surface area contributed by atoms with Crippen LogP contribution in [0.5, 0.6) is 0 Å². The van der Waals surface area contributed by atoms with Gasteiger partial charge in [0.25, 0.3) is 0 Å². The smallest absolute Gasteiger partial charge is 0.0360 e. The van der Waals surface area contributed by atoms with Crippen molar-refractivity contribution in [2.24, 2.45) is 5.41 Å². The third-order valence-electron chi connectivity index (χ3n) is 5.01. The van der Waals surface area contributed by atoms with Crippen LogP contribution in [-0.2, 0) is 0 Å². The summed E-state index contributed by atoms with van der Waals surface area (Å²) in [6, 6.07) is 0. The molecule has 0 heterocycles. The number of allylic oxidation sites excluding steroid dienone is 8. The summed E-state index contributed by atoms with van der Waals surface area (Å²) in [5, 5.41) is 0. The maximum Gasteiger partial charge on any atom is 0.0360 e. The lowest BCUT2D eigenvalue weighted by Crippen LogP contribution is -2.17. The van der Waals surface area contributed by atoms with E-state index in [1.165, 1.54) is 33.4 Å². The van der Waals surface area contributed by atoms with Gasteiger partial charge in [-0.15, -0.1) is 0 Å². The lowest BCUT2D eigenvalue weighted by Gasteiger charge is -2.28. The van der Waals surface area contributed by atoms with Crippen LogP contribution in [0.1, 0.15) is 54.9 Å². The molecule has 0 aliphatic heterocycles. The molecule has 1 radical (unpaired) electrons. The van der Waals surface area contributed by atoms with Gasteiger partial charge in [0.2, 0.25) is 0 Å². The highest BCUT2D eigenvalue weighted by molar-refractivity contribution is 5.55. The topological polar surface area (TPSA) is 0 Å². The maximum atomic E-state index is 3.70. The van der Waals surface area contributed by atoms with E-state index in [4.69, 9.17) is 0 Å². The quantitative estimate of drug-likeness (QED) is 0.581. The second-order valence-electron chi connectivity index (χ2n) is 5.81. The lowest BCUT2D eigenvalue weighted by molar-refractivity contribution is 0.585. The molecule has 91 valence electrons. The van der Waals surface area contributed by atoms with Crippen molar-refractivity contribution in [3.8, 4) is 0 Å². The van der Waals surface area contributed by atoms with Crippen LogP contribution in [0.25, 0.3) is 0 Å². The Balaban J connectivity index is 2.53. The van der Waals surface area contributed by atoms with Gasteiger partial charge < -0.3 is 0 Å². The van der Waals surface area contributed by atoms with Crippen LogP contribution < -0.4 is 0 Å². The van der Waals surface area contributed by atoms with Crippen molar-refractivity contribution in [1.29, 1.82) is 0 Å². The zero-order valence-corrected chi connectivity index (χ0v) is 12.2. The summed E-state index contributed by atoms with van der Waals surface area (Å²) >= 11 is 0. The molecule has 2 aliphatic rings. The molecule has 0 saturated carbocycles. The summed E-state index contributed by atoms with van der Waals surface area (Å²) in [5.74, 6) is 0. The largest absolute Gasteiger partial charge is 0.0660 e. The van der Waals surface area contributed by atoms with Gasteiger partial charge in [0.05, 0.1) is 0 Å². The molecule has 0 spiro atoms. The molecule has 0 amide bonds. The molecule has 0 aromatic carbocycles. The molecule has 0 saturated heterocycles. The van der Waals surface area contributed by atoms with Gasteiger partial charge in [-0.05, 0) is 88.8 Å². The Morgan fingerprint density at radius 3 is 1.82 bits per heavy atom. The highest BCUT2D eigenvalue weighted by atomic mass is 14.4. The summed E-state index contributed by atoms with van der Waals surface area (Å²) in [5.41, 5.74) is 10.3. The van der Waals surface area contributed by atoms with E-state index < -0.39 is 0 Å². The average molecular weight is 227 g/mol. The molecule has 17 heavy (non-hydrogen) atoms.